The Bertz CT molecular complexity index is 557. The van der Waals surface area contributed by atoms with Gasteiger partial charge in [0.15, 0.2) is 0 Å². The van der Waals surface area contributed by atoms with E-state index >= 15 is 0 Å². The summed E-state index contributed by atoms with van der Waals surface area (Å²) in [6.07, 6.45) is 0. The lowest BCUT2D eigenvalue weighted by molar-refractivity contribution is 0.461. The molecule has 0 aliphatic carbocycles. The van der Waals surface area contributed by atoms with Crippen molar-refractivity contribution in [2.45, 2.75) is 13.0 Å². The molecule has 0 radical (unpaired) electrons. The fourth-order valence-corrected chi connectivity index (χ4v) is 1.89. The number of rotatable bonds is 3. The summed E-state index contributed by atoms with van der Waals surface area (Å²) < 4.78 is 19.3. The Balaban J connectivity index is 2.37. The maximum absolute atomic E-state index is 13.7. The van der Waals surface area contributed by atoms with Gasteiger partial charge in [-0.15, -0.1) is 0 Å². The van der Waals surface area contributed by atoms with Crippen LogP contribution in [0.15, 0.2) is 42.5 Å². The first-order valence-electron chi connectivity index (χ1n) is 5.55. The highest BCUT2D eigenvalue weighted by Gasteiger charge is 2.14. The number of benzene rings is 2. The predicted molar refractivity (Wildman–Crippen MR) is 70.5 cm³/mol. The lowest BCUT2D eigenvalue weighted by atomic mass is 10.1. The van der Waals surface area contributed by atoms with E-state index in [4.69, 9.17) is 22.1 Å². The van der Waals surface area contributed by atoms with Crippen LogP contribution in [-0.2, 0) is 0 Å². The lowest BCUT2D eigenvalue weighted by Gasteiger charge is -2.14. The average molecular weight is 266 g/mol. The van der Waals surface area contributed by atoms with Crippen LogP contribution in [0.25, 0.3) is 0 Å². The summed E-state index contributed by atoms with van der Waals surface area (Å²) in [6.45, 7) is 1.71. The molecule has 4 heteroatoms. The Morgan fingerprint density at radius 3 is 2.61 bits per heavy atom. The van der Waals surface area contributed by atoms with E-state index in [-0.39, 0.29) is 5.82 Å². The van der Waals surface area contributed by atoms with Gasteiger partial charge in [0.05, 0.1) is 0 Å². The van der Waals surface area contributed by atoms with E-state index in [9.17, 15) is 4.39 Å². The molecule has 0 fully saturated rings. The zero-order chi connectivity index (χ0) is 13.1. The Morgan fingerprint density at radius 2 is 1.94 bits per heavy atom. The molecule has 0 aliphatic heterocycles. The highest BCUT2D eigenvalue weighted by molar-refractivity contribution is 6.30. The third-order valence-electron chi connectivity index (χ3n) is 2.49. The maximum Gasteiger partial charge on any atom is 0.135 e. The van der Waals surface area contributed by atoms with Crippen molar-refractivity contribution in [3.8, 4) is 11.5 Å². The van der Waals surface area contributed by atoms with Gasteiger partial charge in [-0.2, -0.15) is 0 Å². The molecule has 0 heterocycles. The normalized spacial score (nSPS) is 12.2. The molecular formula is C14H13ClFNO. The van der Waals surface area contributed by atoms with Gasteiger partial charge in [0.2, 0.25) is 0 Å². The van der Waals surface area contributed by atoms with Crippen LogP contribution in [0.3, 0.4) is 0 Å². The van der Waals surface area contributed by atoms with Crippen LogP contribution in [0, 0.1) is 5.82 Å². The Kier molecular flexibility index (Phi) is 3.84. The lowest BCUT2D eigenvalue weighted by Crippen LogP contribution is -2.09. The number of hydrogen-bond donors (Lipinski definition) is 1. The van der Waals surface area contributed by atoms with Crippen molar-refractivity contribution in [3.63, 3.8) is 0 Å². The van der Waals surface area contributed by atoms with Crippen LogP contribution in [0.2, 0.25) is 5.02 Å². The first-order valence-corrected chi connectivity index (χ1v) is 5.93. The minimum atomic E-state index is -0.444. The number of ether oxygens (including phenoxy) is 1. The fourth-order valence-electron chi connectivity index (χ4n) is 1.71. The zero-order valence-electron chi connectivity index (χ0n) is 9.86. The Labute approximate surface area is 110 Å². The van der Waals surface area contributed by atoms with E-state index in [1.54, 1.807) is 43.3 Å². The van der Waals surface area contributed by atoms with Gasteiger partial charge >= 0.3 is 0 Å². The molecular weight excluding hydrogens is 253 g/mol. The highest BCUT2D eigenvalue weighted by Crippen LogP contribution is 2.31. The predicted octanol–water partition coefficient (Wildman–Crippen LogP) is 4.29. The van der Waals surface area contributed by atoms with Gasteiger partial charge < -0.3 is 10.5 Å². The summed E-state index contributed by atoms with van der Waals surface area (Å²) in [5.41, 5.74) is 6.11. The van der Waals surface area contributed by atoms with Crippen molar-refractivity contribution in [1.29, 1.82) is 0 Å². The third kappa shape index (κ3) is 2.81. The monoisotopic (exact) mass is 265 g/mol. The summed E-state index contributed by atoms with van der Waals surface area (Å²) in [6, 6.07) is 11.1. The van der Waals surface area contributed by atoms with Gasteiger partial charge in [0.25, 0.3) is 0 Å². The molecule has 0 amide bonds. The van der Waals surface area contributed by atoms with Crippen LogP contribution in [-0.4, -0.2) is 0 Å². The van der Waals surface area contributed by atoms with Crippen molar-refractivity contribution >= 4 is 11.6 Å². The van der Waals surface area contributed by atoms with Gasteiger partial charge in [0.1, 0.15) is 17.3 Å². The van der Waals surface area contributed by atoms with Crippen LogP contribution < -0.4 is 10.5 Å². The van der Waals surface area contributed by atoms with Crippen molar-refractivity contribution in [1.82, 2.24) is 0 Å². The van der Waals surface area contributed by atoms with Gasteiger partial charge in [-0.1, -0.05) is 23.7 Å². The summed E-state index contributed by atoms with van der Waals surface area (Å²) in [5, 5.41) is 0.561. The second kappa shape index (κ2) is 5.38. The number of halogens is 2. The molecule has 0 aromatic heterocycles. The standard InChI is InChI=1S/C14H13ClFNO/c1-9(17)14-12(16)6-3-7-13(14)18-11-5-2-4-10(15)8-11/h2-9H,17H2,1H3/t9-/m0/s1. The molecule has 2 nitrogen and oxygen atoms in total. The van der Waals surface area contributed by atoms with E-state index in [0.717, 1.165) is 0 Å². The van der Waals surface area contributed by atoms with Crippen molar-refractivity contribution in [3.05, 3.63) is 58.9 Å². The number of nitrogens with two attached hydrogens (primary N) is 1. The molecule has 2 N–H and O–H groups in total. The van der Waals surface area contributed by atoms with Crippen molar-refractivity contribution in [2.75, 3.05) is 0 Å². The van der Waals surface area contributed by atoms with Crippen LogP contribution >= 0.6 is 11.6 Å². The van der Waals surface area contributed by atoms with Crippen LogP contribution in [0.4, 0.5) is 4.39 Å². The largest absolute Gasteiger partial charge is 0.457 e. The fraction of sp³-hybridized carbons (Fsp3) is 0.143. The molecule has 0 spiro atoms. The smallest absolute Gasteiger partial charge is 0.135 e. The van der Waals surface area contributed by atoms with Crippen LogP contribution in [0.1, 0.15) is 18.5 Å². The first kappa shape index (κ1) is 12.9. The second-order valence-corrected chi connectivity index (χ2v) is 4.44. The molecule has 0 saturated heterocycles. The SMILES string of the molecule is C[C@H](N)c1c(F)cccc1Oc1cccc(Cl)c1. The van der Waals surface area contributed by atoms with Gasteiger partial charge in [0, 0.05) is 16.6 Å². The molecule has 0 saturated carbocycles. The molecule has 1 atom stereocenters. The minimum absolute atomic E-state index is 0.359. The Morgan fingerprint density at radius 1 is 1.22 bits per heavy atom. The molecule has 2 rings (SSSR count). The Hall–Kier alpha value is -1.58. The van der Waals surface area contributed by atoms with Crippen molar-refractivity contribution < 1.29 is 9.13 Å². The van der Waals surface area contributed by atoms with Crippen LogP contribution in [0.5, 0.6) is 11.5 Å². The summed E-state index contributed by atoms with van der Waals surface area (Å²) >= 11 is 5.87. The van der Waals surface area contributed by atoms with Gasteiger partial charge in [-0.3, -0.25) is 0 Å². The van der Waals surface area contributed by atoms with Gasteiger partial charge in [-0.05, 0) is 37.3 Å². The third-order valence-corrected chi connectivity index (χ3v) is 2.73. The molecule has 2 aromatic rings. The molecule has 0 aliphatic rings. The zero-order valence-corrected chi connectivity index (χ0v) is 10.6. The summed E-state index contributed by atoms with van der Waals surface area (Å²) in [5.74, 6) is 0.590. The maximum atomic E-state index is 13.7. The molecule has 0 unspecified atom stereocenters. The van der Waals surface area contributed by atoms with Crippen molar-refractivity contribution in [2.24, 2.45) is 5.73 Å². The summed E-state index contributed by atoms with van der Waals surface area (Å²) in [7, 11) is 0. The van der Waals surface area contributed by atoms with E-state index in [1.165, 1.54) is 6.07 Å². The first-order chi connectivity index (χ1) is 8.58. The topological polar surface area (TPSA) is 35.2 Å². The van der Waals surface area contributed by atoms with E-state index < -0.39 is 6.04 Å². The molecule has 2 aromatic carbocycles. The molecule has 18 heavy (non-hydrogen) atoms. The minimum Gasteiger partial charge on any atom is -0.457 e. The molecule has 0 bridgehead atoms. The van der Waals surface area contributed by atoms with E-state index in [1.807, 2.05) is 0 Å². The average Bonchev–Trinajstić information content (AvgIpc) is 2.28. The highest BCUT2D eigenvalue weighted by atomic mass is 35.5. The summed E-state index contributed by atoms with van der Waals surface area (Å²) in [4.78, 5) is 0. The van der Waals surface area contributed by atoms with E-state index in [0.29, 0.717) is 22.1 Å². The van der Waals surface area contributed by atoms with Gasteiger partial charge in [-0.25, -0.2) is 4.39 Å². The van der Waals surface area contributed by atoms with E-state index in [2.05, 4.69) is 0 Å². The quantitative estimate of drug-likeness (QED) is 0.898. The number of hydrogen-bond acceptors (Lipinski definition) is 2. The molecule has 94 valence electrons. The second-order valence-electron chi connectivity index (χ2n) is 4.00.